The van der Waals surface area contributed by atoms with E-state index < -0.39 is 10.1 Å². The third-order valence-electron chi connectivity index (χ3n) is 4.91. The van der Waals surface area contributed by atoms with Crippen molar-refractivity contribution >= 4 is 10.1 Å². The van der Waals surface area contributed by atoms with E-state index in [0.717, 1.165) is 19.3 Å². The van der Waals surface area contributed by atoms with Crippen LogP contribution in [0, 0.1) is 0 Å². The minimum Gasteiger partial charge on any atom is -0.491 e. The molecule has 1 aromatic carbocycles. The highest BCUT2D eigenvalue weighted by Gasteiger charge is 2.14. The first-order chi connectivity index (χ1) is 15.0. The first-order valence-electron chi connectivity index (χ1n) is 11.3. The van der Waals surface area contributed by atoms with Gasteiger partial charge < -0.3 is 14.2 Å². The van der Waals surface area contributed by atoms with Crippen molar-refractivity contribution in [2.75, 3.05) is 39.3 Å². The van der Waals surface area contributed by atoms with Gasteiger partial charge in [-0.05, 0) is 30.5 Å². The van der Waals surface area contributed by atoms with Gasteiger partial charge in [0.1, 0.15) is 18.5 Å². The molecule has 6 nitrogen and oxygen atoms in total. The van der Waals surface area contributed by atoms with Crippen LogP contribution in [0.25, 0.3) is 0 Å². The fourth-order valence-electron chi connectivity index (χ4n) is 3.06. The summed E-state index contributed by atoms with van der Waals surface area (Å²) in [4.78, 5) is 0. The molecule has 178 valence electrons. The molecule has 1 atom stereocenters. The predicted molar refractivity (Wildman–Crippen MR) is 125 cm³/mol. The van der Waals surface area contributed by atoms with E-state index in [1.165, 1.54) is 50.5 Å². The molecule has 0 aromatic heterocycles. The van der Waals surface area contributed by atoms with Crippen LogP contribution in [-0.4, -0.2) is 53.8 Å². The minimum atomic E-state index is -3.55. The number of hydrogen-bond donors (Lipinski definition) is 0. The third-order valence-corrected chi connectivity index (χ3v) is 6.08. The number of aryl methyl sites for hydroxylation is 1. The largest absolute Gasteiger partial charge is 0.491 e. The van der Waals surface area contributed by atoms with Gasteiger partial charge in [0.25, 0.3) is 10.1 Å². The molecular weight excluding hydrogens is 416 g/mol. The van der Waals surface area contributed by atoms with Crippen molar-refractivity contribution in [3.8, 4) is 5.75 Å². The Morgan fingerprint density at radius 3 is 2.32 bits per heavy atom. The average molecular weight is 457 g/mol. The van der Waals surface area contributed by atoms with E-state index in [-0.39, 0.29) is 31.7 Å². The number of unbranched alkanes of at least 4 members (excludes halogenated alkanes) is 6. The molecule has 1 rings (SSSR count). The predicted octanol–water partition coefficient (Wildman–Crippen LogP) is 4.92. The van der Waals surface area contributed by atoms with Crippen molar-refractivity contribution in [3.63, 3.8) is 0 Å². The van der Waals surface area contributed by atoms with Gasteiger partial charge in [0.05, 0.1) is 32.7 Å². The molecule has 0 aliphatic heterocycles. The molecule has 0 saturated carbocycles. The molecule has 0 heterocycles. The highest BCUT2D eigenvalue weighted by molar-refractivity contribution is 7.86. The lowest BCUT2D eigenvalue weighted by Crippen LogP contribution is -2.29. The number of benzene rings is 1. The highest BCUT2D eigenvalue weighted by atomic mass is 32.2. The van der Waals surface area contributed by atoms with Crippen LogP contribution in [0.15, 0.2) is 36.9 Å². The average Bonchev–Trinajstić information content (AvgIpc) is 2.77. The zero-order chi connectivity index (χ0) is 22.8. The first-order valence-corrected chi connectivity index (χ1v) is 12.9. The Balaban J connectivity index is 2.37. The molecule has 0 spiro atoms. The Bertz CT molecular complexity index is 672. The number of rotatable bonds is 20. The fourth-order valence-corrected chi connectivity index (χ4v) is 3.52. The molecule has 0 saturated heterocycles. The van der Waals surface area contributed by atoms with Crippen molar-refractivity contribution in [2.24, 2.45) is 0 Å². The fraction of sp³-hybridized carbons (Fsp3) is 0.667. The zero-order valence-electron chi connectivity index (χ0n) is 19.2. The monoisotopic (exact) mass is 456 g/mol. The van der Waals surface area contributed by atoms with E-state index in [9.17, 15) is 8.42 Å². The lowest BCUT2D eigenvalue weighted by molar-refractivity contribution is -0.0267. The summed E-state index contributed by atoms with van der Waals surface area (Å²) in [6, 6.07) is 8.13. The Labute approximate surface area is 189 Å². The molecule has 1 unspecified atom stereocenters. The smallest absolute Gasteiger partial charge is 0.269 e. The van der Waals surface area contributed by atoms with E-state index in [1.54, 1.807) is 6.08 Å². The van der Waals surface area contributed by atoms with Crippen molar-refractivity contribution in [3.05, 3.63) is 42.5 Å². The van der Waals surface area contributed by atoms with Crippen molar-refractivity contribution in [2.45, 2.75) is 64.4 Å². The van der Waals surface area contributed by atoms with Crippen LogP contribution in [0.5, 0.6) is 5.75 Å². The maximum atomic E-state index is 11.4. The standard InChI is InChI=1S/C24H40O6S/c1-4-6-7-8-9-10-11-12-22-13-15-23(16-14-22)30-21-24(20-28-17-5-2)29-18-19-31(25,26)27-3/h5,13-16,24H,2,4,6-12,17-21H2,1,3H3. The molecule has 0 aliphatic carbocycles. The minimum absolute atomic E-state index is 0.0129. The molecule has 0 N–H and O–H groups in total. The van der Waals surface area contributed by atoms with Gasteiger partial charge in [-0.3, -0.25) is 4.18 Å². The molecule has 0 fully saturated rings. The summed E-state index contributed by atoms with van der Waals surface area (Å²) < 4.78 is 44.2. The number of ether oxygens (including phenoxy) is 3. The molecular formula is C24H40O6S. The van der Waals surface area contributed by atoms with Crippen LogP contribution in [0.1, 0.15) is 57.4 Å². The van der Waals surface area contributed by atoms with Gasteiger partial charge in [-0.25, -0.2) is 0 Å². The van der Waals surface area contributed by atoms with Crippen LogP contribution >= 0.6 is 0 Å². The maximum Gasteiger partial charge on any atom is 0.269 e. The first kappa shape index (κ1) is 27.6. The lowest BCUT2D eigenvalue weighted by atomic mass is 10.0. The third kappa shape index (κ3) is 14.3. The van der Waals surface area contributed by atoms with Crippen LogP contribution in [0.2, 0.25) is 0 Å². The van der Waals surface area contributed by atoms with Gasteiger partial charge in [-0.2, -0.15) is 8.42 Å². The van der Waals surface area contributed by atoms with Crippen LogP contribution in [0.3, 0.4) is 0 Å². The Hall–Kier alpha value is -1.41. The van der Waals surface area contributed by atoms with Gasteiger partial charge in [0.15, 0.2) is 0 Å². The van der Waals surface area contributed by atoms with E-state index in [4.69, 9.17) is 14.2 Å². The summed E-state index contributed by atoms with van der Waals surface area (Å²) >= 11 is 0. The van der Waals surface area contributed by atoms with Gasteiger partial charge in [0.2, 0.25) is 0 Å². The molecule has 0 bridgehead atoms. The molecule has 1 aromatic rings. The van der Waals surface area contributed by atoms with E-state index in [0.29, 0.717) is 6.61 Å². The van der Waals surface area contributed by atoms with Crippen molar-refractivity contribution in [1.29, 1.82) is 0 Å². The summed E-state index contributed by atoms with van der Waals surface area (Å²) in [5.74, 6) is 0.541. The quantitative estimate of drug-likeness (QED) is 0.158. The van der Waals surface area contributed by atoms with Crippen LogP contribution < -0.4 is 4.74 Å². The highest BCUT2D eigenvalue weighted by Crippen LogP contribution is 2.16. The Kier molecular flexibility index (Phi) is 15.3. The molecule has 31 heavy (non-hydrogen) atoms. The van der Waals surface area contributed by atoms with E-state index >= 15 is 0 Å². The molecule has 0 amide bonds. The van der Waals surface area contributed by atoms with Crippen molar-refractivity contribution in [1.82, 2.24) is 0 Å². The second kappa shape index (κ2) is 17.2. The molecule has 0 aliphatic rings. The van der Waals surface area contributed by atoms with Gasteiger partial charge in [-0.15, -0.1) is 6.58 Å². The lowest BCUT2D eigenvalue weighted by Gasteiger charge is -2.18. The zero-order valence-corrected chi connectivity index (χ0v) is 20.0. The van der Waals surface area contributed by atoms with Crippen molar-refractivity contribution < 1.29 is 26.8 Å². The summed E-state index contributed by atoms with van der Waals surface area (Å²) in [5.41, 5.74) is 1.31. The Morgan fingerprint density at radius 1 is 1.00 bits per heavy atom. The topological polar surface area (TPSA) is 71.1 Å². The molecule has 7 heteroatoms. The summed E-state index contributed by atoms with van der Waals surface area (Å²) in [6.07, 6.45) is 11.5. The SMILES string of the molecule is C=CCOCC(COc1ccc(CCCCCCCCC)cc1)OCCS(=O)(=O)OC. The normalized spacial score (nSPS) is 12.6. The van der Waals surface area contributed by atoms with Gasteiger partial charge >= 0.3 is 0 Å². The molecule has 0 radical (unpaired) electrons. The number of hydrogen-bond acceptors (Lipinski definition) is 6. The van der Waals surface area contributed by atoms with Crippen LogP contribution in [-0.2, 0) is 30.2 Å². The van der Waals surface area contributed by atoms with E-state index in [1.807, 2.05) is 12.1 Å². The van der Waals surface area contributed by atoms with E-state index in [2.05, 4.69) is 29.8 Å². The summed E-state index contributed by atoms with van der Waals surface area (Å²) in [6.45, 7) is 6.82. The second-order valence-electron chi connectivity index (χ2n) is 7.57. The summed E-state index contributed by atoms with van der Waals surface area (Å²) in [7, 11) is -2.41. The van der Waals surface area contributed by atoms with Gasteiger partial charge in [0, 0.05) is 0 Å². The Morgan fingerprint density at radius 2 is 1.68 bits per heavy atom. The van der Waals surface area contributed by atoms with Gasteiger partial charge in [-0.1, -0.05) is 63.7 Å². The van der Waals surface area contributed by atoms with Crippen LogP contribution in [0.4, 0.5) is 0 Å². The maximum absolute atomic E-state index is 11.4. The second-order valence-corrected chi connectivity index (χ2v) is 9.43. The summed E-state index contributed by atoms with van der Waals surface area (Å²) in [5, 5.41) is 0.